The summed E-state index contributed by atoms with van der Waals surface area (Å²) in [6.07, 6.45) is 0. The summed E-state index contributed by atoms with van der Waals surface area (Å²) >= 11 is 0. The first-order valence-corrected chi connectivity index (χ1v) is 3.94. The van der Waals surface area contributed by atoms with Crippen molar-refractivity contribution in [1.82, 2.24) is 0 Å². The van der Waals surface area contributed by atoms with Crippen molar-refractivity contribution in [3.05, 3.63) is 41.8 Å². The summed E-state index contributed by atoms with van der Waals surface area (Å²) in [5.41, 5.74) is 3.55. The van der Waals surface area contributed by atoms with Crippen LogP contribution in [0.2, 0.25) is 0 Å². The minimum absolute atomic E-state index is 0. The predicted octanol–water partition coefficient (Wildman–Crippen LogP) is 2.65. The number of hydrogen-bond acceptors (Lipinski definition) is 2. The summed E-state index contributed by atoms with van der Waals surface area (Å²) in [6, 6.07) is 6.26. The van der Waals surface area contributed by atoms with Gasteiger partial charge in [-0.05, 0) is 25.1 Å². The summed E-state index contributed by atoms with van der Waals surface area (Å²) in [5, 5.41) is 3.08. The third-order valence-electron chi connectivity index (χ3n) is 1.94. The molecule has 1 aromatic rings. The maximum Gasteiger partial charge on any atom is 0.184 e. The molecule has 1 aliphatic heterocycles. The van der Waals surface area contributed by atoms with Gasteiger partial charge in [0.25, 0.3) is 0 Å². The number of hydrogen-bond donors (Lipinski definition) is 1. The van der Waals surface area contributed by atoms with Crippen molar-refractivity contribution in [3.63, 3.8) is 0 Å². The molecule has 1 aromatic carbocycles. The molecule has 1 heterocycles. The largest absolute Gasteiger partial charge is 0.475 e. The molecule has 12 heavy (non-hydrogen) atoms. The second-order valence-corrected chi connectivity index (χ2v) is 3.00. The molecule has 0 atom stereocenters. The Hall–Kier alpha value is -1.44. The lowest BCUT2D eigenvalue weighted by molar-refractivity contribution is 0.198. The monoisotopic (exact) mass is 163 g/mol. The van der Waals surface area contributed by atoms with Crippen molar-refractivity contribution in [2.24, 2.45) is 0 Å². The van der Waals surface area contributed by atoms with Gasteiger partial charge in [-0.25, -0.2) is 0 Å². The van der Waals surface area contributed by atoms with Crippen LogP contribution >= 0.6 is 0 Å². The van der Waals surface area contributed by atoms with Crippen LogP contribution in [0.4, 0.5) is 5.69 Å². The van der Waals surface area contributed by atoms with Crippen LogP contribution in [0.3, 0.4) is 0 Å². The zero-order valence-electron chi connectivity index (χ0n) is 7.05. The first-order chi connectivity index (χ1) is 5.75. The van der Waals surface area contributed by atoms with Gasteiger partial charge in [-0.15, -0.1) is 0 Å². The fourth-order valence-electron chi connectivity index (χ4n) is 1.28. The average Bonchev–Trinajstić information content (AvgIpc) is 2.03. The molecule has 0 saturated carbocycles. The molecule has 0 unspecified atom stereocenters. The van der Waals surface area contributed by atoms with Crippen LogP contribution in [-0.2, 0) is 11.3 Å². The molecule has 0 radical (unpaired) electrons. The molecule has 1 aliphatic rings. The summed E-state index contributed by atoms with van der Waals surface area (Å²) in [6.45, 7) is 6.41. The predicted molar refractivity (Wildman–Crippen MR) is 50.8 cm³/mol. The molecule has 0 amide bonds. The third-order valence-corrected chi connectivity index (χ3v) is 1.94. The molecule has 64 valence electrons. The van der Waals surface area contributed by atoms with Gasteiger partial charge in [0, 0.05) is 12.7 Å². The Morgan fingerprint density at radius 3 is 3.25 bits per heavy atom. The first-order valence-electron chi connectivity index (χ1n) is 3.94. The number of anilines is 1. The zero-order valence-corrected chi connectivity index (χ0v) is 7.05. The van der Waals surface area contributed by atoms with Crippen molar-refractivity contribution >= 4 is 5.69 Å². The molecule has 0 saturated heterocycles. The third kappa shape index (κ3) is 1.16. The van der Waals surface area contributed by atoms with Crippen molar-refractivity contribution < 1.29 is 6.16 Å². The molecule has 1 N–H and O–H groups in total. The summed E-state index contributed by atoms with van der Waals surface area (Å²) in [5.74, 6) is 0.633. The fraction of sp³-hybridized carbons (Fsp3) is 0.200. The van der Waals surface area contributed by atoms with Crippen molar-refractivity contribution in [2.45, 2.75) is 13.5 Å². The highest BCUT2D eigenvalue weighted by molar-refractivity contribution is 5.56. The molecule has 0 aromatic heterocycles. The van der Waals surface area contributed by atoms with E-state index in [-0.39, 0.29) is 1.43 Å². The number of aryl methyl sites for hydroxylation is 1. The lowest BCUT2D eigenvalue weighted by Crippen LogP contribution is -2.11. The topological polar surface area (TPSA) is 21.3 Å². The van der Waals surface area contributed by atoms with Gasteiger partial charge in [0.1, 0.15) is 6.61 Å². The van der Waals surface area contributed by atoms with E-state index < -0.39 is 0 Å². The number of fused-ring (bicyclic) bond motifs is 1. The lowest BCUT2D eigenvalue weighted by Gasteiger charge is -2.20. The minimum Gasteiger partial charge on any atom is -0.475 e. The van der Waals surface area contributed by atoms with E-state index in [2.05, 4.69) is 37.0 Å². The molecular weight excluding hydrogens is 150 g/mol. The summed E-state index contributed by atoms with van der Waals surface area (Å²) < 4.78 is 5.24. The maximum absolute atomic E-state index is 5.24. The van der Waals surface area contributed by atoms with Crippen molar-refractivity contribution in [2.75, 3.05) is 5.32 Å². The number of nitrogens with one attached hydrogen (secondary N) is 1. The molecular formula is C10H13NO. The van der Waals surface area contributed by atoms with Gasteiger partial charge in [-0.1, -0.05) is 12.1 Å². The highest BCUT2D eigenvalue weighted by atomic mass is 16.5. The Kier molecular flexibility index (Phi) is 1.54. The minimum atomic E-state index is 0. The first kappa shape index (κ1) is 7.22. The molecule has 2 nitrogen and oxygen atoms in total. The SMILES string of the molecule is C=C1Nc2cc(C)ccc2CO1.[HH]. The quantitative estimate of drug-likeness (QED) is 0.634. The van der Waals surface area contributed by atoms with E-state index in [4.69, 9.17) is 4.74 Å². The average molecular weight is 163 g/mol. The Morgan fingerprint density at radius 1 is 1.58 bits per heavy atom. The maximum atomic E-state index is 5.24. The zero-order chi connectivity index (χ0) is 8.55. The smallest absolute Gasteiger partial charge is 0.184 e. The molecule has 2 rings (SSSR count). The van der Waals surface area contributed by atoms with Crippen molar-refractivity contribution in [3.8, 4) is 0 Å². The van der Waals surface area contributed by atoms with Gasteiger partial charge in [-0.2, -0.15) is 0 Å². The lowest BCUT2D eigenvalue weighted by atomic mass is 10.1. The molecule has 0 aliphatic carbocycles. The normalized spacial score (nSPS) is 14.6. The fourth-order valence-corrected chi connectivity index (χ4v) is 1.28. The Labute approximate surface area is 73.3 Å². The van der Waals surface area contributed by atoms with E-state index in [1.165, 1.54) is 11.1 Å². The highest BCUT2D eigenvalue weighted by Crippen LogP contribution is 2.24. The summed E-state index contributed by atoms with van der Waals surface area (Å²) in [4.78, 5) is 0. The van der Waals surface area contributed by atoms with Gasteiger partial charge in [0.15, 0.2) is 5.88 Å². The van der Waals surface area contributed by atoms with E-state index in [9.17, 15) is 0 Å². The van der Waals surface area contributed by atoms with Crippen LogP contribution in [0.25, 0.3) is 0 Å². The Balaban J connectivity index is 0.000000845. The molecule has 0 fully saturated rings. The second-order valence-electron chi connectivity index (χ2n) is 3.00. The molecule has 2 heteroatoms. The van der Waals surface area contributed by atoms with Crippen molar-refractivity contribution in [1.29, 1.82) is 0 Å². The van der Waals surface area contributed by atoms with Crippen LogP contribution in [0.5, 0.6) is 0 Å². The van der Waals surface area contributed by atoms with Gasteiger partial charge in [-0.3, -0.25) is 0 Å². The molecule has 0 bridgehead atoms. The number of rotatable bonds is 0. The van der Waals surface area contributed by atoms with E-state index >= 15 is 0 Å². The van der Waals surface area contributed by atoms with Gasteiger partial charge < -0.3 is 10.1 Å². The van der Waals surface area contributed by atoms with Crippen LogP contribution in [0.15, 0.2) is 30.7 Å². The van der Waals surface area contributed by atoms with Gasteiger partial charge in [0.2, 0.25) is 0 Å². The Morgan fingerprint density at radius 2 is 2.42 bits per heavy atom. The van der Waals surface area contributed by atoms with Crippen LogP contribution < -0.4 is 5.32 Å². The number of ether oxygens (including phenoxy) is 1. The van der Waals surface area contributed by atoms with E-state index in [0.717, 1.165) is 5.69 Å². The van der Waals surface area contributed by atoms with Gasteiger partial charge in [0.05, 0.1) is 0 Å². The van der Waals surface area contributed by atoms with Crippen LogP contribution in [-0.4, -0.2) is 0 Å². The highest BCUT2D eigenvalue weighted by Gasteiger charge is 2.10. The Bertz CT molecular complexity index is 336. The molecule has 0 spiro atoms. The van der Waals surface area contributed by atoms with E-state index in [0.29, 0.717) is 12.5 Å². The van der Waals surface area contributed by atoms with Gasteiger partial charge >= 0.3 is 0 Å². The van der Waals surface area contributed by atoms with E-state index in [1.54, 1.807) is 0 Å². The van der Waals surface area contributed by atoms with Crippen LogP contribution in [0.1, 0.15) is 12.6 Å². The van der Waals surface area contributed by atoms with E-state index in [1.807, 2.05) is 0 Å². The van der Waals surface area contributed by atoms with Crippen LogP contribution in [0, 0.1) is 6.92 Å². The summed E-state index contributed by atoms with van der Waals surface area (Å²) in [7, 11) is 0. The standard InChI is InChI=1S/C10H11NO.H2/c1-7-3-4-9-6-12-8(2)11-10(9)5-7;/h3-5,11H,2,6H2,1H3;1H. The second kappa shape index (κ2) is 2.55. The number of benzene rings is 1.